The molecule has 4 aromatic rings. The van der Waals surface area contributed by atoms with Crippen molar-refractivity contribution in [2.75, 3.05) is 6.54 Å². The van der Waals surface area contributed by atoms with Crippen LogP contribution in [0.4, 0.5) is 0 Å². The smallest absolute Gasteiger partial charge is 0.256 e. The number of imidazole rings is 1. The fourth-order valence-corrected chi connectivity index (χ4v) is 4.55. The molecule has 31 heavy (non-hydrogen) atoms. The zero-order chi connectivity index (χ0) is 21.7. The Kier molecular flexibility index (Phi) is 4.61. The molecule has 0 saturated carbocycles. The van der Waals surface area contributed by atoms with Crippen molar-refractivity contribution in [3.05, 3.63) is 70.8 Å². The van der Waals surface area contributed by atoms with Gasteiger partial charge in [-0.15, -0.1) is 0 Å². The van der Waals surface area contributed by atoms with Gasteiger partial charge in [-0.25, -0.2) is 4.98 Å². The van der Waals surface area contributed by atoms with Crippen molar-refractivity contribution < 1.29 is 4.79 Å². The van der Waals surface area contributed by atoms with Crippen LogP contribution in [0.5, 0.6) is 0 Å². The SMILES string of the molecule is Cc1ccc(-n2nccn2)c(C(=O)N2CC[C@H](C)[C@H]2c2nc3c(C)c(C)ccc3[nH]2)c1. The number of H-pyrrole nitrogens is 1. The van der Waals surface area contributed by atoms with Crippen molar-refractivity contribution in [2.24, 2.45) is 5.92 Å². The zero-order valence-corrected chi connectivity index (χ0v) is 18.3. The largest absolute Gasteiger partial charge is 0.340 e. The van der Waals surface area contributed by atoms with Crippen LogP contribution in [-0.2, 0) is 0 Å². The van der Waals surface area contributed by atoms with E-state index in [1.54, 1.807) is 12.4 Å². The molecule has 2 aromatic carbocycles. The number of hydrogen-bond donors (Lipinski definition) is 1. The first-order valence-electron chi connectivity index (χ1n) is 10.7. The average molecular weight is 415 g/mol. The topological polar surface area (TPSA) is 79.7 Å². The minimum atomic E-state index is -0.0986. The molecule has 158 valence electrons. The maximum atomic E-state index is 13.8. The molecule has 0 bridgehead atoms. The molecule has 1 fully saturated rings. The fourth-order valence-electron chi connectivity index (χ4n) is 4.55. The first-order chi connectivity index (χ1) is 14.9. The van der Waals surface area contributed by atoms with Gasteiger partial charge in [0.1, 0.15) is 5.82 Å². The van der Waals surface area contributed by atoms with E-state index >= 15 is 0 Å². The Bertz CT molecular complexity index is 1270. The minimum Gasteiger partial charge on any atom is -0.340 e. The van der Waals surface area contributed by atoms with Crippen LogP contribution in [0.15, 0.2) is 42.7 Å². The number of fused-ring (bicyclic) bond motifs is 1. The van der Waals surface area contributed by atoms with Crippen LogP contribution in [-0.4, -0.2) is 42.3 Å². The van der Waals surface area contributed by atoms with Crippen molar-refractivity contribution in [3.63, 3.8) is 0 Å². The zero-order valence-electron chi connectivity index (χ0n) is 18.3. The third-order valence-corrected chi connectivity index (χ3v) is 6.45. The van der Waals surface area contributed by atoms with E-state index in [-0.39, 0.29) is 11.9 Å². The highest BCUT2D eigenvalue weighted by atomic mass is 16.2. The number of nitrogens with one attached hydrogen (secondary N) is 1. The number of nitrogens with zero attached hydrogens (tertiary/aromatic N) is 5. The van der Waals surface area contributed by atoms with Crippen LogP contribution in [0.2, 0.25) is 0 Å². The summed E-state index contributed by atoms with van der Waals surface area (Å²) in [7, 11) is 0. The highest BCUT2D eigenvalue weighted by molar-refractivity contribution is 5.98. The highest BCUT2D eigenvalue weighted by Crippen LogP contribution is 2.38. The number of aryl methyl sites for hydroxylation is 3. The van der Waals surface area contributed by atoms with Crippen molar-refractivity contribution >= 4 is 16.9 Å². The molecule has 5 rings (SSSR count). The van der Waals surface area contributed by atoms with Crippen molar-refractivity contribution in [2.45, 2.75) is 40.2 Å². The van der Waals surface area contributed by atoms with E-state index in [2.05, 4.69) is 48.1 Å². The molecule has 0 spiro atoms. The number of aromatic amines is 1. The van der Waals surface area contributed by atoms with E-state index in [9.17, 15) is 4.79 Å². The molecule has 7 heteroatoms. The minimum absolute atomic E-state index is 0.0151. The number of benzene rings is 2. The summed E-state index contributed by atoms with van der Waals surface area (Å²) in [5.74, 6) is 1.15. The van der Waals surface area contributed by atoms with E-state index in [4.69, 9.17) is 4.98 Å². The number of hydrogen-bond acceptors (Lipinski definition) is 4. The van der Waals surface area contributed by atoms with Gasteiger partial charge in [0, 0.05) is 6.54 Å². The second-order valence-corrected chi connectivity index (χ2v) is 8.57. The van der Waals surface area contributed by atoms with E-state index in [0.29, 0.717) is 23.7 Å². The van der Waals surface area contributed by atoms with Crippen LogP contribution >= 0.6 is 0 Å². The van der Waals surface area contributed by atoms with Gasteiger partial charge < -0.3 is 9.88 Å². The standard InChI is InChI=1S/C24H26N6O/c1-14-5-8-20(30-25-10-11-26-30)18(13-14)24(31)29-12-9-16(3)22(29)23-27-19-7-6-15(2)17(4)21(19)28-23/h5-8,10-11,13,16,22H,9,12H2,1-4H3,(H,27,28)/t16-,22-/m0/s1. The average Bonchev–Trinajstić information content (AvgIpc) is 3.50. The molecule has 3 heterocycles. The third kappa shape index (κ3) is 3.21. The second kappa shape index (κ2) is 7.34. The number of amides is 1. The molecule has 0 unspecified atom stereocenters. The fraction of sp³-hybridized carbons (Fsp3) is 0.333. The molecule has 1 saturated heterocycles. The summed E-state index contributed by atoms with van der Waals surface area (Å²) >= 11 is 0. The molecular weight excluding hydrogens is 388 g/mol. The predicted molar refractivity (Wildman–Crippen MR) is 119 cm³/mol. The lowest BCUT2D eigenvalue weighted by Crippen LogP contribution is -2.33. The van der Waals surface area contributed by atoms with Crippen LogP contribution in [0, 0.1) is 26.7 Å². The highest BCUT2D eigenvalue weighted by Gasteiger charge is 2.38. The molecule has 2 atom stereocenters. The van der Waals surface area contributed by atoms with Gasteiger partial charge in [0.2, 0.25) is 0 Å². The van der Waals surface area contributed by atoms with Gasteiger partial charge >= 0.3 is 0 Å². The summed E-state index contributed by atoms with van der Waals surface area (Å²) in [6.07, 6.45) is 4.17. The van der Waals surface area contributed by atoms with E-state index in [1.165, 1.54) is 15.9 Å². The Morgan fingerprint density at radius 2 is 1.87 bits per heavy atom. The summed E-state index contributed by atoms with van der Waals surface area (Å²) in [6, 6.07) is 9.89. The van der Waals surface area contributed by atoms with Crippen molar-refractivity contribution in [1.82, 2.24) is 29.9 Å². The quantitative estimate of drug-likeness (QED) is 0.542. The lowest BCUT2D eigenvalue weighted by Gasteiger charge is -2.26. The summed E-state index contributed by atoms with van der Waals surface area (Å²) in [5.41, 5.74) is 6.72. The molecule has 2 aromatic heterocycles. The summed E-state index contributed by atoms with van der Waals surface area (Å²) in [5, 5.41) is 8.48. The van der Waals surface area contributed by atoms with Gasteiger partial charge in [0.25, 0.3) is 5.91 Å². The number of rotatable bonds is 3. The lowest BCUT2D eigenvalue weighted by molar-refractivity contribution is 0.0714. The molecule has 0 radical (unpaired) electrons. The van der Waals surface area contributed by atoms with Crippen LogP contribution < -0.4 is 0 Å². The van der Waals surface area contributed by atoms with Crippen LogP contribution in [0.25, 0.3) is 16.7 Å². The Labute approximate surface area is 181 Å². The predicted octanol–water partition coefficient (Wildman–Crippen LogP) is 4.29. The van der Waals surface area contributed by atoms with Gasteiger partial charge in [-0.2, -0.15) is 15.0 Å². The molecule has 1 aliphatic heterocycles. The second-order valence-electron chi connectivity index (χ2n) is 8.57. The summed E-state index contributed by atoms with van der Waals surface area (Å²) in [4.78, 5) is 25.7. The number of carbonyl (C=O) groups is 1. The van der Waals surface area contributed by atoms with Gasteiger partial charge in [-0.1, -0.05) is 24.6 Å². The maximum Gasteiger partial charge on any atom is 0.256 e. The molecule has 7 nitrogen and oxygen atoms in total. The number of aromatic nitrogens is 5. The monoisotopic (exact) mass is 414 g/mol. The normalized spacial score (nSPS) is 18.8. The van der Waals surface area contributed by atoms with E-state index in [1.807, 2.05) is 30.0 Å². The molecule has 1 aliphatic rings. The Morgan fingerprint density at radius 1 is 1.10 bits per heavy atom. The van der Waals surface area contributed by atoms with Gasteiger partial charge in [0.05, 0.1) is 40.7 Å². The Balaban J connectivity index is 1.57. The number of likely N-dealkylation sites (tertiary alicyclic amines) is 1. The van der Waals surface area contributed by atoms with Gasteiger partial charge in [-0.05, 0) is 62.4 Å². The molecule has 0 aliphatic carbocycles. The summed E-state index contributed by atoms with van der Waals surface area (Å²) in [6.45, 7) is 9.07. The Hall–Kier alpha value is -3.48. The first kappa shape index (κ1) is 19.5. The lowest BCUT2D eigenvalue weighted by atomic mass is 10.0. The summed E-state index contributed by atoms with van der Waals surface area (Å²) < 4.78 is 0. The number of carbonyl (C=O) groups excluding carboxylic acids is 1. The van der Waals surface area contributed by atoms with Gasteiger partial charge in [-0.3, -0.25) is 4.79 Å². The van der Waals surface area contributed by atoms with Crippen LogP contribution in [0.3, 0.4) is 0 Å². The first-order valence-corrected chi connectivity index (χ1v) is 10.7. The van der Waals surface area contributed by atoms with Crippen LogP contribution in [0.1, 0.15) is 52.3 Å². The Morgan fingerprint density at radius 3 is 2.65 bits per heavy atom. The van der Waals surface area contributed by atoms with Crippen molar-refractivity contribution in [1.29, 1.82) is 0 Å². The molecule has 1 N–H and O–H groups in total. The molecule has 1 amide bonds. The van der Waals surface area contributed by atoms with E-state index in [0.717, 1.165) is 28.8 Å². The van der Waals surface area contributed by atoms with E-state index < -0.39 is 0 Å². The maximum absolute atomic E-state index is 13.8. The third-order valence-electron chi connectivity index (χ3n) is 6.45. The molecular formula is C24H26N6O. The van der Waals surface area contributed by atoms with Crippen molar-refractivity contribution in [3.8, 4) is 5.69 Å². The van der Waals surface area contributed by atoms with Gasteiger partial charge in [0.15, 0.2) is 0 Å².